The van der Waals surface area contributed by atoms with Crippen LogP contribution in [0.1, 0.15) is 25.1 Å². The van der Waals surface area contributed by atoms with Crippen molar-refractivity contribution in [2.45, 2.75) is 32.2 Å². The maximum absolute atomic E-state index is 12.3. The molecule has 0 unspecified atom stereocenters. The van der Waals surface area contributed by atoms with Crippen LogP contribution in [-0.4, -0.2) is 36.6 Å². The second-order valence-electron chi connectivity index (χ2n) is 6.52. The molecule has 1 N–H and O–H groups in total. The molecule has 0 radical (unpaired) electrons. The molecular weight excluding hydrogens is 376 g/mol. The predicted octanol–water partition coefficient (Wildman–Crippen LogP) is 2.03. The number of hydrogen-bond donors (Lipinski definition) is 1. The first kappa shape index (κ1) is 18.3. The van der Waals surface area contributed by atoms with E-state index in [1.165, 1.54) is 22.2 Å². The van der Waals surface area contributed by atoms with Gasteiger partial charge in [0.25, 0.3) is 5.56 Å². The van der Waals surface area contributed by atoms with Gasteiger partial charge in [-0.15, -0.1) is 21.5 Å². The molecule has 0 aliphatic rings. The average Bonchev–Trinajstić information content (AvgIpc) is 3.34. The van der Waals surface area contributed by atoms with Crippen LogP contribution in [0.15, 0.2) is 47.0 Å². The molecule has 0 fully saturated rings. The van der Waals surface area contributed by atoms with E-state index in [2.05, 4.69) is 20.5 Å². The smallest absolute Gasteiger partial charge is 0.271 e. The number of unbranched alkanes of at least 4 members (excludes halogenated alkanes) is 2. The van der Waals surface area contributed by atoms with Crippen molar-refractivity contribution in [3.05, 3.63) is 58.3 Å². The predicted molar refractivity (Wildman–Crippen MR) is 107 cm³/mol. The van der Waals surface area contributed by atoms with Gasteiger partial charge in [-0.1, -0.05) is 12.5 Å². The van der Waals surface area contributed by atoms with Crippen molar-refractivity contribution < 1.29 is 4.79 Å². The first-order valence-electron chi connectivity index (χ1n) is 9.20. The third-order valence-electron chi connectivity index (χ3n) is 4.53. The van der Waals surface area contributed by atoms with Crippen LogP contribution in [-0.2, 0) is 17.8 Å². The number of pyridine rings is 1. The second kappa shape index (κ2) is 8.30. The number of aryl methyl sites for hydroxylation is 1. The van der Waals surface area contributed by atoms with Crippen LogP contribution in [0.4, 0.5) is 0 Å². The molecule has 1 amide bonds. The Bertz CT molecular complexity index is 1160. The minimum atomic E-state index is -0.178. The van der Waals surface area contributed by atoms with Crippen LogP contribution in [0.25, 0.3) is 15.9 Å². The molecule has 0 saturated heterocycles. The highest BCUT2D eigenvalue weighted by atomic mass is 32.1. The van der Waals surface area contributed by atoms with Gasteiger partial charge in [0.05, 0.1) is 11.8 Å². The van der Waals surface area contributed by atoms with Gasteiger partial charge < -0.3 is 5.32 Å². The first-order chi connectivity index (χ1) is 13.7. The van der Waals surface area contributed by atoms with Gasteiger partial charge in [0.1, 0.15) is 17.1 Å². The lowest BCUT2D eigenvalue weighted by Gasteiger charge is -2.07. The zero-order chi connectivity index (χ0) is 19.3. The summed E-state index contributed by atoms with van der Waals surface area (Å²) in [5.74, 6) is 0.777. The third kappa shape index (κ3) is 3.94. The zero-order valence-corrected chi connectivity index (χ0v) is 16.1. The van der Waals surface area contributed by atoms with Crippen molar-refractivity contribution in [2.24, 2.45) is 0 Å². The molecule has 4 aromatic heterocycles. The van der Waals surface area contributed by atoms with Crippen LogP contribution < -0.4 is 10.9 Å². The molecule has 0 aliphatic carbocycles. The maximum atomic E-state index is 12.3. The number of carbonyl (C=O) groups is 1. The number of carbonyl (C=O) groups excluding carboxylic acids is 1. The summed E-state index contributed by atoms with van der Waals surface area (Å²) in [7, 11) is 0. The van der Waals surface area contributed by atoms with E-state index in [0.717, 1.165) is 37.2 Å². The van der Waals surface area contributed by atoms with Gasteiger partial charge in [-0.05, 0) is 36.4 Å². The van der Waals surface area contributed by atoms with E-state index in [9.17, 15) is 9.59 Å². The number of hydrogen-bond acceptors (Lipinski definition) is 6. The number of nitrogens with one attached hydrogen (secondary N) is 1. The highest BCUT2D eigenvalue weighted by Crippen LogP contribution is 2.13. The molecule has 4 heterocycles. The minimum Gasteiger partial charge on any atom is -0.355 e. The normalized spacial score (nSPS) is 11.3. The quantitative estimate of drug-likeness (QED) is 0.460. The van der Waals surface area contributed by atoms with Gasteiger partial charge in [-0.25, -0.2) is 4.98 Å². The van der Waals surface area contributed by atoms with E-state index in [4.69, 9.17) is 0 Å². The monoisotopic (exact) mass is 396 g/mol. The van der Waals surface area contributed by atoms with Crippen molar-refractivity contribution >= 4 is 33.1 Å². The van der Waals surface area contributed by atoms with Crippen LogP contribution in [0.3, 0.4) is 0 Å². The van der Waals surface area contributed by atoms with Crippen LogP contribution in [0.2, 0.25) is 0 Å². The third-order valence-corrected chi connectivity index (χ3v) is 5.42. The first-order valence-corrected chi connectivity index (χ1v) is 10.1. The highest BCUT2D eigenvalue weighted by Gasteiger charge is 2.09. The SMILES string of the molecule is O=C(Cn1cnc2ccsc2c1=O)NCCCCCc1nnc2ccccn12. The standard InChI is InChI=1S/C19H20N6O2S/c26-17(12-24-13-21-14-8-11-28-18(14)19(24)27)20-9-4-1-2-6-15-22-23-16-7-3-5-10-25(15)16/h3,5,7-8,10-11,13H,1-2,4,6,9,12H2,(H,20,26). The second-order valence-corrected chi connectivity index (χ2v) is 7.43. The molecule has 0 saturated carbocycles. The Kier molecular flexibility index (Phi) is 5.43. The average molecular weight is 396 g/mol. The Morgan fingerprint density at radius 1 is 1.14 bits per heavy atom. The molecule has 4 aromatic rings. The summed E-state index contributed by atoms with van der Waals surface area (Å²) in [6, 6.07) is 7.64. The van der Waals surface area contributed by atoms with Gasteiger partial charge in [-0.2, -0.15) is 0 Å². The lowest BCUT2D eigenvalue weighted by molar-refractivity contribution is -0.121. The van der Waals surface area contributed by atoms with Gasteiger partial charge >= 0.3 is 0 Å². The van der Waals surface area contributed by atoms with Gasteiger partial charge in [-0.3, -0.25) is 18.6 Å². The van der Waals surface area contributed by atoms with Crippen LogP contribution in [0, 0.1) is 0 Å². The molecule has 8 nitrogen and oxygen atoms in total. The van der Waals surface area contributed by atoms with Crippen molar-refractivity contribution in [3.8, 4) is 0 Å². The Morgan fingerprint density at radius 2 is 2.07 bits per heavy atom. The molecule has 0 aliphatic heterocycles. The Labute approximate surface area is 164 Å². The highest BCUT2D eigenvalue weighted by molar-refractivity contribution is 7.17. The van der Waals surface area contributed by atoms with E-state index in [0.29, 0.717) is 16.8 Å². The lowest BCUT2D eigenvalue weighted by Crippen LogP contribution is -2.32. The van der Waals surface area contributed by atoms with E-state index in [1.807, 2.05) is 34.2 Å². The summed E-state index contributed by atoms with van der Waals surface area (Å²) in [6.45, 7) is 0.578. The fourth-order valence-corrected chi connectivity index (χ4v) is 3.87. The molecule has 144 valence electrons. The number of thiophene rings is 1. The number of rotatable bonds is 8. The van der Waals surface area contributed by atoms with Gasteiger partial charge in [0.2, 0.25) is 5.91 Å². The molecule has 0 atom stereocenters. The summed E-state index contributed by atoms with van der Waals surface area (Å²) in [5, 5.41) is 13.1. The van der Waals surface area contributed by atoms with Gasteiger partial charge in [0.15, 0.2) is 5.65 Å². The number of nitrogens with zero attached hydrogens (tertiary/aromatic N) is 5. The summed E-state index contributed by atoms with van der Waals surface area (Å²) in [5.41, 5.74) is 1.36. The number of fused-ring (bicyclic) bond motifs is 2. The summed E-state index contributed by atoms with van der Waals surface area (Å²) >= 11 is 1.34. The van der Waals surface area contributed by atoms with E-state index in [-0.39, 0.29) is 18.0 Å². The van der Waals surface area contributed by atoms with Crippen LogP contribution >= 0.6 is 11.3 Å². The van der Waals surface area contributed by atoms with Gasteiger partial charge in [0, 0.05) is 19.2 Å². The topological polar surface area (TPSA) is 94.2 Å². The zero-order valence-electron chi connectivity index (χ0n) is 15.2. The largest absolute Gasteiger partial charge is 0.355 e. The van der Waals surface area contributed by atoms with Crippen LogP contribution in [0.5, 0.6) is 0 Å². The summed E-state index contributed by atoms with van der Waals surface area (Å²) < 4.78 is 3.93. The Morgan fingerprint density at radius 3 is 3.00 bits per heavy atom. The molecule has 4 rings (SSSR count). The summed E-state index contributed by atoms with van der Waals surface area (Å²) in [4.78, 5) is 28.6. The fraction of sp³-hybridized carbons (Fsp3) is 0.316. The molecule has 0 spiro atoms. The minimum absolute atomic E-state index is 0.00852. The molecule has 9 heteroatoms. The maximum Gasteiger partial charge on any atom is 0.271 e. The van der Waals surface area contributed by atoms with E-state index in [1.54, 1.807) is 6.07 Å². The van der Waals surface area contributed by atoms with Crippen molar-refractivity contribution in [1.82, 2.24) is 29.5 Å². The number of aromatic nitrogens is 5. The lowest BCUT2D eigenvalue weighted by atomic mass is 10.2. The fourth-order valence-electron chi connectivity index (χ4n) is 3.08. The molecule has 0 bridgehead atoms. The van der Waals surface area contributed by atoms with Crippen molar-refractivity contribution in [2.75, 3.05) is 6.54 Å². The van der Waals surface area contributed by atoms with E-state index < -0.39 is 0 Å². The Hall–Kier alpha value is -3.07. The summed E-state index contributed by atoms with van der Waals surface area (Å²) in [6.07, 6.45) is 7.07. The molecular formula is C19H20N6O2S. The van der Waals surface area contributed by atoms with E-state index >= 15 is 0 Å². The Balaban J connectivity index is 1.19. The molecule has 0 aromatic carbocycles. The number of amides is 1. The molecule has 28 heavy (non-hydrogen) atoms. The van der Waals surface area contributed by atoms with Crippen molar-refractivity contribution in [3.63, 3.8) is 0 Å². The van der Waals surface area contributed by atoms with Crippen molar-refractivity contribution in [1.29, 1.82) is 0 Å².